The van der Waals surface area contributed by atoms with E-state index in [1.54, 1.807) is 13.0 Å². The molecule has 2 nitrogen and oxygen atoms in total. The topological polar surface area (TPSA) is 29.3 Å². The molecule has 2 aromatic rings. The van der Waals surface area contributed by atoms with Crippen molar-refractivity contribution in [1.82, 2.24) is 0 Å². The quantitative estimate of drug-likeness (QED) is 0.851. The summed E-state index contributed by atoms with van der Waals surface area (Å²) >= 11 is 0. The minimum absolute atomic E-state index is 0.259. The number of nitrogen functional groups attached to an aromatic ring is 1. The van der Waals surface area contributed by atoms with Gasteiger partial charge in [0, 0.05) is 13.6 Å². The summed E-state index contributed by atoms with van der Waals surface area (Å²) < 4.78 is 13.4. The Morgan fingerprint density at radius 3 is 2.47 bits per heavy atom. The summed E-state index contributed by atoms with van der Waals surface area (Å²) in [6, 6.07) is 11.4. The van der Waals surface area contributed by atoms with E-state index in [2.05, 4.69) is 19.1 Å². The van der Waals surface area contributed by atoms with Crippen LogP contribution in [0.5, 0.6) is 0 Å². The number of nitrogens with zero attached hydrogens (tertiary/aromatic N) is 1. The van der Waals surface area contributed by atoms with Gasteiger partial charge < -0.3 is 10.6 Å². The number of hydrogen-bond acceptors (Lipinski definition) is 2. The monoisotopic (exact) mass is 258 g/mol. The molecular formula is C16H19FN2. The summed E-state index contributed by atoms with van der Waals surface area (Å²) in [6.07, 6.45) is 0. The van der Waals surface area contributed by atoms with E-state index in [1.165, 1.54) is 17.2 Å². The molecular weight excluding hydrogens is 239 g/mol. The van der Waals surface area contributed by atoms with Crippen LogP contribution in [0.4, 0.5) is 15.8 Å². The Balaban J connectivity index is 2.28. The van der Waals surface area contributed by atoms with Gasteiger partial charge in [-0.1, -0.05) is 24.3 Å². The van der Waals surface area contributed by atoms with Gasteiger partial charge in [-0.2, -0.15) is 0 Å². The predicted molar refractivity (Wildman–Crippen MR) is 78.8 cm³/mol. The van der Waals surface area contributed by atoms with Crippen LogP contribution in [-0.4, -0.2) is 7.05 Å². The van der Waals surface area contributed by atoms with Crippen molar-refractivity contribution in [3.63, 3.8) is 0 Å². The molecule has 0 atom stereocenters. The SMILES string of the molecule is Cc1cc(N(C)Cc2ccccc2C)c(N)cc1F. The molecule has 0 fully saturated rings. The molecule has 0 saturated carbocycles. The molecule has 0 aromatic heterocycles. The summed E-state index contributed by atoms with van der Waals surface area (Å²) in [4.78, 5) is 2.05. The normalized spacial score (nSPS) is 10.5. The van der Waals surface area contributed by atoms with Crippen molar-refractivity contribution in [2.45, 2.75) is 20.4 Å². The molecule has 0 radical (unpaired) electrons. The van der Waals surface area contributed by atoms with E-state index >= 15 is 0 Å². The summed E-state index contributed by atoms with van der Waals surface area (Å²) in [5, 5.41) is 0. The third-order valence-electron chi connectivity index (χ3n) is 3.39. The Morgan fingerprint density at radius 1 is 1.11 bits per heavy atom. The minimum Gasteiger partial charge on any atom is -0.397 e. The Bertz CT molecular complexity index is 593. The molecule has 2 aromatic carbocycles. The average molecular weight is 258 g/mol. The van der Waals surface area contributed by atoms with E-state index in [0.29, 0.717) is 11.3 Å². The lowest BCUT2D eigenvalue weighted by Crippen LogP contribution is -2.18. The fraction of sp³-hybridized carbons (Fsp3) is 0.250. The van der Waals surface area contributed by atoms with Crippen molar-refractivity contribution in [1.29, 1.82) is 0 Å². The minimum atomic E-state index is -0.259. The molecule has 0 heterocycles. The fourth-order valence-electron chi connectivity index (χ4n) is 2.14. The lowest BCUT2D eigenvalue weighted by atomic mass is 10.1. The largest absolute Gasteiger partial charge is 0.397 e. The van der Waals surface area contributed by atoms with Crippen molar-refractivity contribution in [3.05, 3.63) is 58.9 Å². The molecule has 3 heteroatoms. The highest BCUT2D eigenvalue weighted by Gasteiger charge is 2.10. The van der Waals surface area contributed by atoms with Crippen LogP contribution in [0.25, 0.3) is 0 Å². The number of benzene rings is 2. The molecule has 2 N–H and O–H groups in total. The molecule has 0 aliphatic carbocycles. The van der Waals surface area contributed by atoms with Gasteiger partial charge in [0.2, 0.25) is 0 Å². The molecule has 19 heavy (non-hydrogen) atoms. The summed E-state index contributed by atoms with van der Waals surface area (Å²) in [5.41, 5.74) is 10.3. The second-order valence-corrected chi connectivity index (χ2v) is 4.94. The molecule has 100 valence electrons. The van der Waals surface area contributed by atoms with Crippen LogP contribution in [0.3, 0.4) is 0 Å². The number of aryl methyl sites for hydroxylation is 2. The Morgan fingerprint density at radius 2 is 1.79 bits per heavy atom. The second-order valence-electron chi connectivity index (χ2n) is 4.94. The Hall–Kier alpha value is -2.03. The molecule has 0 amide bonds. The first-order valence-corrected chi connectivity index (χ1v) is 6.30. The number of hydrogen-bond donors (Lipinski definition) is 1. The van der Waals surface area contributed by atoms with Gasteiger partial charge in [-0.3, -0.25) is 0 Å². The van der Waals surface area contributed by atoms with Gasteiger partial charge in [-0.25, -0.2) is 4.39 Å². The van der Waals surface area contributed by atoms with Crippen LogP contribution in [0.1, 0.15) is 16.7 Å². The van der Waals surface area contributed by atoms with E-state index in [1.807, 2.05) is 24.1 Å². The molecule has 2 rings (SSSR count). The van der Waals surface area contributed by atoms with Crippen LogP contribution < -0.4 is 10.6 Å². The maximum Gasteiger partial charge on any atom is 0.128 e. The smallest absolute Gasteiger partial charge is 0.128 e. The molecule has 0 unspecified atom stereocenters. The number of nitrogens with two attached hydrogens (primary N) is 1. The van der Waals surface area contributed by atoms with Crippen LogP contribution in [0, 0.1) is 19.7 Å². The van der Waals surface area contributed by atoms with Crippen molar-refractivity contribution < 1.29 is 4.39 Å². The van der Waals surface area contributed by atoms with Gasteiger partial charge in [-0.05, 0) is 42.7 Å². The van der Waals surface area contributed by atoms with Crippen LogP contribution in [0.2, 0.25) is 0 Å². The van der Waals surface area contributed by atoms with E-state index in [9.17, 15) is 4.39 Å². The Kier molecular flexibility index (Phi) is 3.74. The first kappa shape index (κ1) is 13.4. The van der Waals surface area contributed by atoms with Gasteiger partial charge in [-0.15, -0.1) is 0 Å². The molecule has 0 spiro atoms. The van der Waals surface area contributed by atoms with Gasteiger partial charge in [0.15, 0.2) is 0 Å². The zero-order valence-corrected chi connectivity index (χ0v) is 11.6. The summed E-state index contributed by atoms with van der Waals surface area (Å²) in [6.45, 7) is 4.59. The zero-order valence-electron chi connectivity index (χ0n) is 11.6. The second kappa shape index (κ2) is 5.31. The number of rotatable bonds is 3. The standard InChI is InChI=1S/C16H19FN2/c1-11-6-4-5-7-13(11)10-19(3)16-8-12(2)14(17)9-15(16)18/h4-9H,10,18H2,1-3H3. The number of anilines is 2. The van der Waals surface area contributed by atoms with Gasteiger partial charge in [0.25, 0.3) is 0 Å². The maximum absolute atomic E-state index is 13.4. The van der Waals surface area contributed by atoms with Gasteiger partial charge in [0.1, 0.15) is 5.82 Å². The average Bonchev–Trinajstić information content (AvgIpc) is 2.36. The molecule has 0 saturated heterocycles. The van der Waals surface area contributed by atoms with Gasteiger partial charge >= 0.3 is 0 Å². The fourth-order valence-corrected chi connectivity index (χ4v) is 2.14. The van der Waals surface area contributed by atoms with E-state index in [-0.39, 0.29) is 5.82 Å². The predicted octanol–water partition coefficient (Wildman–Crippen LogP) is 3.66. The first-order chi connectivity index (χ1) is 8.99. The van der Waals surface area contributed by atoms with E-state index in [4.69, 9.17) is 5.73 Å². The summed E-state index contributed by atoms with van der Waals surface area (Å²) in [7, 11) is 1.97. The van der Waals surface area contributed by atoms with E-state index < -0.39 is 0 Å². The zero-order chi connectivity index (χ0) is 14.0. The highest BCUT2D eigenvalue weighted by molar-refractivity contribution is 5.68. The third-order valence-corrected chi connectivity index (χ3v) is 3.39. The van der Waals surface area contributed by atoms with Crippen LogP contribution in [0.15, 0.2) is 36.4 Å². The first-order valence-electron chi connectivity index (χ1n) is 6.30. The third kappa shape index (κ3) is 2.87. The number of halogens is 1. The van der Waals surface area contributed by atoms with E-state index in [0.717, 1.165) is 12.2 Å². The maximum atomic E-state index is 13.4. The lowest BCUT2D eigenvalue weighted by molar-refractivity contribution is 0.619. The van der Waals surface area contributed by atoms with Crippen molar-refractivity contribution >= 4 is 11.4 Å². The van der Waals surface area contributed by atoms with Crippen LogP contribution >= 0.6 is 0 Å². The highest BCUT2D eigenvalue weighted by Crippen LogP contribution is 2.27. The van der Waals surface area contributed by atoms with Crippen molar-refractivity contribution in [2.75, 3.05) is 17.7 Å². The summed E-state index contributed by atoms with van der Waals surface area (Å²) in [5.74, 6) is -0.259. The molecule has 0 aliphatic rings. The Labute approximate surface area is 113 Å². The van der Waals surface area contributed by atoms with Crippen LogP contribution in [-0.2, 0) is 6.54 Å². The highest BCUT2D eigenvalue weighted by atomic mass is 19.1. The lowest BCUT2D eigenvalue weighted by Gasteiger charge is -2.22. The van der Waals surface area contributed by atoms with Crippen molar-refractivity contribution in [3.8, 4) is 0 Å². The molecule has 0 bridgehead atoms. The molecule has 0 aliphatic heterocycles. The van der Waals surface area contributed by atoms with Gasteiger partial charge in [0.05, 0.1) is 11.4 Å². The van der Waals surface area contributed by atoms with Crippen molar-refractivity contribution in [2.24, 2.45) is 0 Å².